The number of carboxylic acids is 1. The number of rotatable bonds is 4. The Morgan fingerprint density at radius 3 is 2.85 bits per heavy atom. The summed E-state index contributed by atoms with van der Waals surface area (Å²) in [6, 6.07) is 2.08. The molecule has 0 aliphatic heterocycles. The monoisotopic (exact) mass is 198 g/mol. The molecule has 72 valence electrons. The predicted molar refractivity (Wildman–Crippen MR) is 54.2 cm³/mol. The SMILES string of the molecule is Cc1ccsc1CC(C)CC(=O)O. The van der Waals surface area contributed by atoms with Gasteiger partial charge in [0.2, 0.25) is 0 Å². The quantitative estimate of drug-likeness (QED) is 0.807. The third-order valence-corrected chi connectivity index (χ3v) is 3.07. The standard InChI is InChI=1S/C10H14O2S/c1-7(6-10(11)12)5-9-8(2)3-4-13-9/h3-4,7H,5-6H2,1-2H3,(H,11,12). The largest absolute Gasteiger partial charge is 0.481 e. The average Bonchev–Trinajstić information content (AvgIpc) is 2.34. The Balaban J connectivity index is 2.49. The molecule has 0 amide bonds. The minimum absolute atomic E-state index is 0.231. The van der Waals surface area contributed by atoms with Crippen molar-refractivity contribution in [3.05, 3.63) is 21.9 Å². The Morgan fingerprint density at radius 2 is 2.38 bits per heavy atom. The molecule has 0 aliphatic carbocycles. The van der Waals surface area contributed by atoms with E-state index >= 15 is 0 Å². The van der Waals surface area contributed by atoms with Crippen LogP contribution in [0.25, 0.3) is 0 Å². The fraction of sp³-hybridized carbons (Fsp3) is 0.500. The van der Waals surface area contributed by atoms with Crippen molar-refractivity contribution in [2.75, 3.05) is 0 Å². The summed E-state index contributed by atoms with van der Waals surface area (Å²) in [5.74, 6) is -0.475. The summed E-state index contributed by atoms with van der Waals surface area (Å²) < 4.78 is 0. The molecule has 1 aromatic rings. The number of carboxylic acid groups (broad SMARTS) is 1. The molecule has 1 N–H and O–H groups in total. The highest BCUT2D eigenvalue weighted by Gasteiger charge is 2.10. The lowest BCUT2D eigenvalue weighted by molar-refractivity contribution is -0.137. The molecule has 0 aliphatic rings. The van der Waals surface area contributed by atoms with E-state index in [-0.39, 0.29) is 12.3 Å². The minimum Gasteiger partial charge on any atom is -0.481 e. The summed E-state index contributed by atoms with van der Waals surface area (Å²) in [6.45, 7) is 4.05. The van der Waals surface area contributed by atoms with Gasteiger partial charge in [0, 0.05) is 11.3 Å². The van der Waals surface area contributed by atoms with Crippen molar-refractivity contribution in [1.82, 2.24) is 0 Å². The van der Waals surface area contributed by atoms with Crippen molar-refractivity contribution in [2.45, 2.75) is 26.7 Å². The Kier molecular flexibility index (Phi) is 3.48. The summed E-state index contributed by atoms with van der Waals surface area (Å²) >= 11 is 1.71. The summed E-state index contributed by atoms with van der Waals surface area (Å²) in [6.07, 6.45) is 1.15. The van der Waals surface area contributed by atoms with E-state index in [1.807, 2.05) is 6.92 Å². The van der Waals surface area contributed by atoms with E-state index in [1.165, 1.54) is 10.4 Å². The second-order valence-electron chi connectivity index (χ2n) is 3.43. The first kappa shape index (κ1) is 10.3. The first-order valence-corrected chi connectivity index (χ1v) is 5.22. The van der Waals surface area contributed by atoms with Gasteiger partial charge in [-0.2, -0.15) is 0 Å². The third-order valence-electron chi connectivity index (χ3n) is 2.03. The first-order chi connectivity index (χ1) is 6.09. The molecule has 13 heavy (non-hydrogen) atoms. The normalized spacial score (nSPS) is 12.8. The predicted octanol–water partition coefficient (Wildman–Crippen LogP) is 2.71. The molecule has 0 fully saturated rings. The second-order valence-corrected chi connectivity index (χ2v) is 4.43. The summed E-state index contributed by atoms with van der Waals surface area (Å²) in [5, 5.41) is 10.6. The molecule has 1 aromatic heterocycles. The lowest BCUT2D eigenvalue weighted by Crippen LogP contribution is -2.06. The summed E-state index contributed by atoms with van der Waals surface area (Å²) in [5.41, 5.74) is 1.28. The Morgan fingerprint density at radius 1 is 1.69 bits per heavy atom. The van der Waals surface area contributed by atoms with Gasteiger partial charge in [-0.1, -0.05) is 6.92 Å². The van der Waals surface area contributed by atoms with E-state index < -0.39 is 5.97 Å². The maximum Gasteiger partial charge on any atom is 0.303 e. The highest BCUT2D eigenvalue weighted by Crippen LogP contribution is 2.20. The topological polar surface area (TPSA) is 37.3 Å². The van der Waals surface area contributed by atoms with Crippen molar-refractivity contribution >= 4 is 17.3 Å². The highest BCUT2D eigenvalue weighted by molar-refractivity contribution is 7.10. The molecule has 1 heterocycles. The van der Waals surface area contributed by atoms with Crippen LogP contribution in [0.3, 0.4) is 0 Å². The fourth-order valence-corrected chi connectivity index (χ4v) is 2.37. The molecule has 0 saturated carbocycles. The van der Waals surface area contributed by atoms with Crippen LogP contribution in [0.1, 0.15) is 23.8 Å². The van der Waals surface area contributed by atoms with Crippen LogP contribution < -0.4 is 0 Å². The van der Waals surface area contributed by atoms with Crippen LogP contribution in [-0.2, 0) is 11.2 Å². The van der Waals surface area contributed by atoms with Gasteiger partial charge in [-0.25, -0.2) is 0 Å². The van der Waals surface area contributed by atoms with Gasteiger partial charge in [0.15, 0.2) is 0 Å². The lowest BCUT2D eigenvalue weighted by atomic mass is 10.0. The van der Waals surface area contributed by atoms with E-state index in [1.54, 1.807) is 11.3 Å². The van der Waals surface area contributed by atoms with Crippen LogP contribution in [0, 0.1) is 12.8 Å². The molecule has 1 unspecified atom stereocenters. The minimum atomic E-state index is -0.707. The average molecular weight is 198 g/mol. The molecular formula is C10H14O2S. The van der Waals surface area contributed by atoms with Gasteiger partial charge in [0.1, 0.15) is 0 Å². The van der Waals surface area contributed by atoms with Crippen molar-refractivity contribution in [3.8, 4) is 0 Å². The first-order valence-electron chi connectivity index (χ1n) is 4.34. The van der Waals surface area contributed by atoms with Gasteiger partial charge in [-0.15, -0.1) is 11.3 Å². The van der Waals surface area contributed by atoms with Crippen molar-refractivity contribution in [2.24, 2.45) is 5.92 Å². The van der Waals surface area contributed by atoms with E-state index in [0.29, 0.717) is 0 Å². The zero-order valence-electron chi connectivity index (χ0n) is 7.91. The van der Waals surface area contributed by atoms with Crippen molar-refractivity contribution in [3.63, 3.8) is 0 Å². The molecule has 3 heteroatoms. The summed E-state index contributed by atoms with van der Waals surface area (Å²) in [7, 11) is 0. The number of aliphatic carboxylic acids is 1. The van der Waals surface area contributed by atoms with Crippen LogP contribution in [0.2, 0.25) is 0 Å². The third kappa shape index (κ3) is 3.19. The van der Waals surface area contributed by atoms with Crippen molar-refractivity contribution < 1.29 is 9.90 Å². The zero-order chi connectivity index (χ0) is 9.84. The van der Waals surface area contributed by atoms with Gasteiger partial charge in [-0.3, -0.25) is 4.79 Å². The molecule has 1 rings (SSSR count). The number of aryl methyl sites for hydroxylation is 1. The van der Waals surface area contributed by atoms with Crippen LogP contribution in [-0.4, -0.2) is 11.1 Å². The van der Waals surface area contributed by atoms with E-state index in [9.17, 15) is 4.79 Å². The van der Waals surface area contributed by atoms with E-state index in [0.717, 1.165) is 6.42 Å². The molecule has 1 atom stereocenters. The zero-order valence-corrected chi connectivity index (χ0v) is 8.73. The Bertz CT molecular complexity index is 291. The highest BCUT2D eigenvalue weighted by atomic mass is 32.1. The van der Waals surface area contributed by atoms with E-state index in [2.05, 4.69) is 18.4 Å². The fourth-order valence-electron chi connectivity index (χ4n) is 1.30. The van der Waals surface area contributed by atoms with Crippen molar-refractivity contribution in [1.29, 1.82) is 0 Å². The van der Waals surface area contributed by atoms with Crippen LogP contribution in [0.5, 0.6) is 0 Å². The van der Waals surface area contributed by atoms with E-state index in [4.69, 9.17) is 5.11 Å². The molecule has 0 bridgehead atoms. The Labute approximate surface area is 82.2 Å². The lowest BCUT2D eigenvalue weighted by Gasteiger charge is -2.07. The number of carbonyl (C=O) groups is 1. The van der Waals surface area contributed by atoms with Gasteiger partial charge in [-0.05, 0) is 36.3 Å². The number of hydrogen-bond acceptors (Lipinski definition) is 2. The second kappa shape index (κ2) is 4.42. The van der Waals surface area contributed by atoms with Gasteiger partial charge >= 0.3 is 5.97 Å². The Hall–Kier alpha value is -0.830. The molecule has 0 spiro atoms. The number of hydrogen-bond donors (Lipinski definition) is 1. The van der Waals surface area contributed by atoms with Gasteiger partial charge in [0.05, 0.1) is 0 Å². The smallest absolute Gasteiger partial charge is 0.303 e. The molecule has 0 saturated heterocycles. The molecule has 0 aromatic carbocycles. The molecule has 0 radical (unpaired) electrons. The number of thiophene rings is 1. The van der Waals surface area contributed by atoms with Crippen LogP contribution in [0.15, 0.2) is 11.4 Å². The maximum absolute atomic E-state index is 10.4. The van der Waals surface area contributed by atoms with Crippen LogP contribution in [0.4, 0.5) is 0 Å². The summed E-state index contributed by atoms with van der Waals surface area (Å²) in [4.78, 5) is 11.7. The maximum atomic E-state index is 10.4. The van der Waals surface area contributed by atoms with Crippen LogP contribution >= 0.6 is 11.3 Å². The van der Waals surface area contributed by atoms with Gasteiger partial charge in [0.25, 0.3) is 0 Å². The molecule has 2 nitrogen and oxygen atoms in total. The molecular weight excluding hydrogens is 184 g/mol. The van der Waals surface area contributed by atoms with Gasteiger partial charge < -0.3 is 5.11 Å².